The molecule has 2 N–H and O–H groups in total. The van der Waals surface area contributed by atoms with Crippen LogP contribution in [0.15, 0.2) is 54.9 Å². The Bertz CT molecular complexity index is 1490. The number of carbonyl (C=O) groups is 1. The summed E-state index contributed by atoms with van der Waals surface area (Å²) in [6.07, 6.45) is 4.23. The Morgan fingerprint density at radius 2 is 1.83 bits per heavy atom. The zero-order valence-corrected chi connectivity index (χ0v) is 23.6. The third kappa shape index (κ3) is 6.97. The lowest BCUT2D eigenvalue weighted by atomic mass is 9.87. The van der Waals surface area contributed by atoms with Gasteiger partial charge in [0.15, 0.2) is 0 Å². The molecule has 2 atom stereocenters. The summed E-state index contributed by atoms with van der Waals surface area (Å²) in [5.41, 5.74) is 2.31. The van der Waals surface area contributed by atoms with E-state index in [0.29, 0.717) is 55.6 Å². The lowest BCUT2D eigenvalue weighted by Gasteiger charge is -2.35. The first-order chi connectivity index (χ1) is 19.6. The van der Waals surface area contributed by atoms with Gasteiger partial charge in [-0.2, -0.15) is 4.31 Å². The van der Waals surface area contributed by atoms with E-state index < -0.39 is 39.3 Å². The number of hydrogen-bond donors (Lipinski definition) is 2. The number of aromatic nitrogens is 1. The fourth-order valence-corrected chi connectivity index (χ4v) is 7.55. The number of rotatable bonds is 10. The van der Waals surface area contributed by atoms with Gasteiger partial charge in [0, 0.05) is 43.6 Å². The molecule has 7 nitrogen and oxygen atoms in total. The first kappa shape index (κ1) is 29.2. The van der Waals surface area contributed by atoms with E-state index in [1.165, 1.54) is 30.5 Å². The summed E-state index contributed by atoms with van der Waals surface area (Å²) in [5, 5.41) is 5.66. The highest BCUT2D eigenvalue weighted by molar-refractivity contribution is 7.90. The van der Waals surface area contributed by atoms with E-state index in [-0.39, 0.29) is 35.4 Å². The van der Waals surface area contributed by atoms with E-state index in [4.69, 9.17) is 0 Å². The van der Waals surface area contributed by atoms with Crippen LogP contribution >= 0.6 is 0 Å². The van der Waals surface area contributed by atoms with E-state index in [2.05, 4.69) is 15.6 Å². The van der Waals surface area contributed by atoms with Crippen molar-refractivity contribution in [3.05, 3.63) is 94.6 Å². The molecule has 2 fully saturated rings. The number of benzene rings is 2. The van der Waals surface area contributed by atoms with Gasteiger partial charge in [0.1, 0.15) is 17.5 Å². The van der Waals surface area contributed by atoms with Gasteiger partial charge >= 0.3 is 0 Å². The highest BCUT2D eigenvalue weighted by atomic mass is 32.2. The van der Waals surface area contributed by atoms with E-state index in [1.54, 1.807) is 29.4 Å². The molecule has 0 unspecified atom stereocenters. The number of aryl methyl sites for hydroxylation is 1. The van der Waals surface area contributed by atoms with Crippen LogP contribution < -0.4 is 10.6 Å². The van der Waals surface area contributed by atoms with Crippen LogP contribution in [0.25, 0.3) is 0 Å². The molecule has 0 radical (unpaired) electrons. The molecule has 1 amide bonds. The number of anilines is 1. The number of halogens is 3. The summed E-state index contributed by atoms with van der Waals surface area (Å²) in [6, 6.07) is 9.87. The Labute approximate surface area is 238 Å². The van der Waals surface area contributed by atoms with E-state index in [1.807, 2.05) is 0 Å². The van der Waals surface area contributed by atoms with E-state index in [9.17, 15) is 22.0 Å². The van der Waals surface area contributed by atoms with Gasteiger partial charge in [0.05, 0.1) is 23.3 Å². The van der Waals surface area contributed by atoms with Crippen molar-refractivity contribution >= 4 is 21.6 Å². The van der Waals surface area contributed by atoms with Crippen LogP contribution in [-0.4, -0.2) is 54.5 Å². The number of nitrogens with one attached hydrogen (secondary N) is 2. The SMILES string of the molecule is Cc1cc(F)cc([C@@H](CC(=O)Nc2cncc(F)c2CC[C@H]2CNCCN2S(=O)(=O)C2CC2)c2ccc(F)cc2)c1. The first-order valence-electron chi connectivity index (χ1n) is 13.8. The van der Waals surface area contributed by atoms with Gasteiger partial charge in [-0.1, -0.05) is 18.2 Å². The number of amides is 1. The summed E-state index contributed by atoms with van der Waals surface area (Å²) in [5.74, 6) is -2.51. The number of carbonyl (C=O) groups excluding carboxylic acids is 1. The summed E-state index contributed by atoms with van der Waals surface area (Å²) in [6.45, 7) is 3.15. The standard InChI is InChI=1S/C30H33F3N4O3S/c1-19-12-21(14-23(32)13-19)27(20-2-4-22(31)5-3-20)15-30(38)36-29-18-35-17-28(33)26(29)9-6-24-16-34-10-11-37(24)41(39,40)25-7-8-25/h2-5,12-14,17-18,24-25,27,34H,6-11,15-16H2,1H3,(H,36,38)/t24-,27-/m0/s1. The third-order valence-electron chi connectivity index (χ3n) is 7.70. The highest BCUT2D eigenvalue weighted by Crippen LogP contribution is 2.34. The van der Waals surface area contributed by atoms with Gasteiger partial charge in [-0.05, 0) is 73.6 Å². The van der Waals surface area contributed by atoms with Crippen LogP contribution in [0.5, 0.6) is 0 Å². The zero-order chi connectivity index (χ0) is 29.1. The van der Waals surface area contributed by atoms with Gasteiger partial charge in [0.2, 0.25) is 15.9 Å². The first-order valence-corrected chi connectivity index (χ1v) is 15.3. The lowest BCUT2D eigenvalue weighted by Crippen LogP contribution is -2.54. The second-order valence-corrected chi connectivity index (χ2v) is 13.0. The van der Waals surface area contributed by atoms with Gasteiger partial charge in [-0.25, -0.2) is 21.6 Å². The summed E-state index contributed by atoms with van der Waals surface area (Å²) >= 11 is 0. The van der Waals surface area contributed by atoms with Gasteiger partial charge < -0.3 is 10.6 Å². The Morgan fingerprint density at radius 1 is 1.07 bits per heavy atom. The monoisotopic (exact) mass is 586 g/mol. The van der Waals surface area contributed by atoms with Crippen molar-refractivity contribution in [3.8, 4) is 0 Å². The second-order valence-electron chi connectivity index (χ2n) is 10.8. The third-order valence-corrected chi connectivity index (χ3v) is 10.2. The Hall–Kier alpha value is -3.28. The highest BCUT2D eigenvalue weighted by Gasteiger charge is 2.43. The summed E-state index contributed by atoms with van der Waals surface area (Å²) in [7, 11) is -3.39. The van der Waals surface area contributed by atoms with Crippen LogP contribution in [0.4, 0.5) is 18.9 Å². The van der Waals surface area contributed by atoms with Gasteiger partial charge in [0.25, 0.3) is 0 Å². The number of pyridine rings is 1. The molecule has 5 rings (SSSR count). The fourth-order valence-electron chi connectivity index (χ4n) is 5.49. The predicted molar refractivity (Wildman–Crippen MR) is 150 cm³/mol. The van der Waals surface area contributed by atoms with Gasteiger partial charge in [-0.3, -0.25) is 9.78 Å². The molecule has 1 aliphatic heterocycles. The molecule has 1 aromatic heterocycles. The molecular formula is C30H33F3N4O3S. The van der Waals surface area contributed by atoms with Crippen molar-refractivity contribution < 1.29 is 26.4 Å². The second kappa shape index (κ2) is 12.3. The van der Waals surface area contributed by atoms with Crippen molar-refractivity contribution in [2.75, 3.05) is 25.0 Å². The van der Waals surface area contributed by atoms with Crippen molar-refractivity contribution in [2.45, 2.75) is 56.2 Å². The van der Waals surface area contributed by atoms with Gasteiger partial charge in [-0.15, -0.1) is 0 Å². The molecule has 1 saturated carbocycles. The summed E-state index contributed by atoms with van der Waals surface area (Å²) in [4.78, 5) is 17.2. The van der Waals surface area contributed by atoms with Crippen LogP contribution in [0, 0.1) is 24.4 Å². The molecule has 41 heavy (non-hydrogen) atoms. The van der Waals surface area contributed by atoms with Crippen LogP contribution in [-0.2, 0) is 21.2 Å². The molecule has 2 heterocycles. The fraction of sp³-hybridized carbons (Fsp3) is 0.400. The van der Waals surface area contributed by atoms with Crippen molar-refractivity contribution in [1.29, 1.82) is 0 Å². The molecule has 3 aromatic rings. The quantitative estimate of drug-likeness (QED) is 0.361. The minimum Gasteiger partial charge on any atom is -0.324 e. The minimum atomic E-state index is -3.39. The van der Waals surface area contributed by atoms with Crippen molar-refractivity contribution in [3.63, 3.8) is 0 Å². The molecule has 2 aliphatic rings. The van der Waals surface area contributed by atoms with Crippen molar-refractivity contribution in [1.82, 2.24) is 14.6 Å². The number of sulfonamides is 1. The normalized spacial score (nSPS) is 18.7. The number of hydrogen-bond acceptors (Lipinski definition) is 5. The molecule has 0 bridgehead atoms. The molecular weight excluding hydrogens is 553 g/mol. The Balaban J connectivity index is 1.34. The smallest absolute Gasteiger partial charge is 0.225 e. The zero-order valence-electron chi connectivity index (χ0n) is 22.7. The molecule has 218 valence electrons. The average Bonchev–Trinajstić information content (AvgIpc) is 3.78. The van der Waals surface area contributed by atoms with Crippen LogP contribution in [0.3, 0.4) is 0 Å². The van der Waals surface area contributed by atoms with Crippen LogP contribution in [0.2, 0.25) is 0 Å². The number of nitrogens with zero attached hydrogens (tertiary/aromatic N) is 2. The van der Waals surface area contributed by atoms with Crippen molar-refractivity contribution in [2.24, 2.45) is 0 Å². The molecule has 11 heteroatoms. The predicted octanol–water partition coefficient (Wildman–Crippen LogP) is 4.67. The minimum absolute atomic E-state index is 0.107. The maximum absolute atomic E-state index is 15.0. The lowest BCUT2D eigenvalue weighted by molar-refractivity contribution is -0.116. The Morgan fingerprint density at radius 3 is 2.54 bits per heavy atom. The molecule has 1 saturated heterocycles. The molecule has 0 spiro atoms. The van der Waals surface area contributed by atoms with E-state index >= 15 is 4.39 Å². The van der Waals surface area contributed by atoms with Crippen LogP contribution in [0.1, 0.15) is 53.9 Å². The summed E-state index contributed by atoms with van der Waals surface area (Å²) < 4.78 is 70.4. The molecule has 2 aromatic carbocycles. The average molecular weight is 587 g/mol. The molecule has 1 aliphatic carbocycles. The Kier molecular flexibility index (Phi) is 8.77. The maximum atomic E-state index is 15.0. The largest absolute Gasteiger partial charge is 0.324 e. The number of piperazine rings is 1. The van der Waals surface area contributed by atoms with E-state index in [0.717, 1.165) is 6.20 Å². The topological polar surface area (TPSA) is 91.4 Å². The maximum Gasteiger partial charge on any atom is 0.225 e.